The number of hydrogen-bond acceptors (Lipinski definition) is 1. The van der Waals surface area contributed by atoms with Crippen LogP contribution in [0, 0.1) is 0 Å². The van der Waals surface area contributed by atoms with E-state index in [1.807, 2.05) is 0 Å². The van der Waals surface area contributed by atoms with Crippen LogP contribution >= 0.6 is 0 Å². The summed E-state index contributed by atoms with van der Waals surface area (Å²) in [6.45, 7) is 6.52. The van der Waals surface area contributed by atoms with Gasteiger partial charge in [0.1, 0.15) is 0 Å². The van der Waals surface area contributed by atoms with Crippen LogP contribution in [0.4, 0.5) is 0 Å². The molecule has 1 nitrogen and oxygen atoms in total. The predicted molar refractivity (Wildman–Crippen MR) is 48.9 cm³/mol. The second-order valence-electron chi connectivity index (χ2n) is 3.14. The third-order valence-corrected chi connectivity index (χ3v) is 7.83. The zero-order valence-electron chi connectivity index (χ0n) is 7.68. The fourth-order valence-corrected chi connectivity index (χ4v) is 6.87. The number of unbranched alkanes of at least 4 members (excludes halogenated alkanes) is 1. The zero-order chi connectivity index (χ0) is 7.98. The van der Waals surface area contributed by atoms with Crippen molar-refractivity contribution in [3.8, 4) is 0 Å². The van der Waals surface area contributed by atoms with Crippen LogP contribution in [0.1, 0.15) is 33.6 Å². The van der Waals surface area contributed by atoms with E-state index in [1.54, 1.807) is 0 Å². The molecule has 0 heterocycles. The van der Waals surface area contributed by atoms with Crippen LogP contribution in [0.2, 0.25) is 9.38 Å². The van der Waals surface area contributed by atoms with Crippen molar-refractivity contribution >= 4 is 20.2 Å². The monoisotopic (exact) mass is 252 g/mol. The van der Waals surface area contributed by atoms with Crippen LogP contribution in [-0.2, 0) is 3.07 Å². The van der Waals surface area contributed by atoms with Gasteiger partial charge in [-0.25, -0.2) is 0 Å². The van der Waals surface area contributed by atoms with E-state index >= 15 is 0 Å². The van der Waals surface area contributed by atoms with Crippen molar-refractivity contribution in [1.82, 2.24) is 0 Å². The van der Waals surface area contributed by atoms with Gasteiger partial charge in [0, 0.05) is 0 Å². The van der Waals surface area contributed by atoms with Crippen LogP contribution in [0.25, 0.3) is 0 Å². The Labute approximate surface area is 72.4 Å². The Morgan fingerprint density at radius 1 is 1.40 bits per heavy atom. The van der Waals surface area contributed by atoms with Crippen LogP contribution in [0.3, 0.4) is 0 Å². The Morgan fingerprint density at radius 3 is 2.40 bits per heavy atom. The van der Waals surface area contributed by atoms with E-state index in [9.17, 15) is 0 Å². The van der Waals surface area contributed by atoms with Crippen molar-refractivity contribution in [2.45, 2.75) is 49.1 Å². The van der Waals surface area contributed by atoms with Crippen LogP contribution in [0.15, 0.2) is 0 Å². The average Bonchev–Trinajstić information content (AvgIpc) is 1.82. The third kappa shape index (κ3) is 6.87. The molecule has 0 aromatic rings. The molecular weight excluding hydrogens is 231 g/mol. The Morgan fingerprint density at radius 2 is 2.00 bits per heavy atom. The topological polar surface area (TPSA) is 9.23 Å². The van der Waals surface area contributed by atoms with Gasteiger partial charge in [-0.2, -0.15) is 0 Å². The first kappa shape index (κ1) is 10.8. The van der Waals surface area contributed by atoms with Gasteiger partial charge in [0.25, 0.3) is 0 Å². The van der Waals surface area contributed by atoms with Crippen molar-refractivity contribution in [1.29, 1.82) is 0 Å². The molecule has 0 fully saturated rings. The van der Waals surface area contributed by atoms with Gasteiger partial charge in [-0.05, 0) is 0 Å². The van der Waals surface area contributed by atoms with Gasteiger partial charge in [0.05, 0.1) is 0 Å². The molecule has 0 spiro atoms. The van der Waals surface area contributed by atoms with Gasteiger partial charge in [0.15, 0.2) is 0 Å². The minimum absolute atomic E-state index is 0.475. The molecule has 0 N–H and O–H groups in total. The summed E-state index contributed by atoms with van der Waals surface area (Å²) in [5, 5.41) is 0. The van der Waals surface area contributed by atoms with Gasteiger partial charge in [-0.3, -0.25) is 0 Å². The summed E-state index contributed by atoms with van der Waals surface area (Å²) in [7, 11) is 0. The summed E-state index contributed by atoms with van der Waals surface area (Å²) in [5.74, 6) is 0. The summed E-state index contributed by atoms with van der Waals surface area (Å²) >= 11 is -1.40. The van der Waals surface area contributed by atoms with E-state index in [0.29, 0.717) is 6.10 Å². The van der Waals surface area contributed by atoms with Gasteiger partial charge in [0.2, 0.25) is 0 Å². The summed E-state index contributed by atoms with van der Waals surface area (Å²) in [6, 6.07) is 0. The normalized spacial score (nSPS) is 14.1. The molecule has 0 rings (SSSR count). The molecule has 1 atom stereocenters. The molecule has 0 saturated heterocycles. The third-order valence-electron chi connectivity index (χ3n) is 1.47. The van der Waals surface area contributed by atoms with E-state index in [-0.39, 0.29) is 0 Å². The van der Waals surface area contributed by atoms with Crippen LogP contribution in [-0.4, -0.2) is 26.3 Å². The number of hydrogen-bond donors (Lipinski definition) is 0. The summed E-state index contributed by atoms with van der Waals surface area (Å²) in [6.07, 6.45) is 3.18. The Kier molecular flexibility index (Phi) is 6.96. The molecule has 0 amide bonds. The zero-order valence-corrected chi connectivity index (χ0v) is 11.0. The van der Waals surface area contributed by atoms with E-state index in [0.717, 1.165) is 0 Å². The Hall–Kier alpha value is 0.759. The summed E-state index contributed by atoms with van der Waals surface area (Å²) < 4.78 is 7.18. The van der Waals surface area contributed by atoms with Crippen molar-refractivity contribution in [3.63, 3.8) is 0 Å². The molecule has 10 heavy (non-hydrogen) atoms. The minimum atomic E-state index is -1.40. The first-order chi connectivity index (χ1) is 4.66. The van der Waals surface area contributed by atoms with E-state index in [1.165, 1.54) is 17.3 Å². The van der Waals surface area contributed by atoms with Crippen LogP contribution in [0.5, 0.6) is 0 Å². The molecule has 2 heteroatoms. The molecule has 0 aliphatic rings. The van der Waals surface area contributed by atoms with E-state index in [2.05, 4.69) is 25.7 Å². The fraction of sp³-hybridized carbons (Fsp3) is 1.00. The van der Waals surface area contributed by atoms with E-state index < -0.39 is 20.2 Å². The maximum atomic E-state index is 5.76. The van der Waals surface area contributed by atoms with Gasteiger partial charge in [-0.1, -0.05) is 0 Å². The van der Waals surface area contributed by atoms with Crippen LogP contribution < -0.4 is 0 Å². The molecule has 0 saturated carbocycles. The SMILES string of the molecule is CCC[CH2][SnH]([CH3])[O]C(C)C. The van der Waals surface area contributed by atoms with Crippen molar-refractivity contribution in [3.05, 3.63) is 0 Å². The second-order valence-corrected chi connectivity index (χ2v) is 10.2. The van der Waals surface area contributed by atoms with E-state index in [4.69, 9.17) is 3.07 Å². The van der Waals surface area contributed by atoms with Crippen molar-refractivity contribution in [2.24, 2.45) is 0 Å². The Bertz CT molecular complexity index is 73.7. The molecule has 0 bridgehead atoms. The quantitative estimate of drug-likeness (QED) is 0.682. The number of rotatable bonds is 5. The molecule has 1 unspecified atom stereocenters. The second kappa shape index (κ2) is 6.47. The fourth-order valence-electron chi connectivity index (χ4n) is 1.02. The van der Waals surface area contributed by atoms with Crippen molar-refractivity contribution in [2.75, 3.05) is 0 Å². The maximum absolute atomic E-state index is 5.76. The molecule has 0 aromatic heterocycles. The summed E-state index contributed by atoms with van der Waals surface area (Å²) in [4.78, 5) is 2.36. The van der Waals surface area contributed by atoms with Gasteiger partial charge < -0.3 is 0 Å². The molecule has 0 radical (unpaired) electrons. The summed E-state index contributed by atoms with van der Waals surface area (Å²) in [5.41, 5.74) is 0. The van der Waals surface area contributed by atoms with Crippen molar-refractivity contribution < 1.29 is 3.07 Å². The molecular formula is C8H20OSn. The standard InChI is InChI=1S/C4H9.C3H7O.CH3.Sn.H/c1-3-4-2;1-3(2)4;;;/h1,3-4H2,2H3;3H,1-2H3;1H3;;/q;-1;;+1;. The van der Waals surface area contributed by atoms with Gasteiger partial charge >= 0.3 is 72.3 Å². The van der Waals surface area contributed by atoms with Gasteiger partial charge in [-0.15, -0.1) is 0 Å². The Balaban J connectivity index is 3.16. The first-order valence-corrected chi connectivity index (χ1v) is 11.3. The molecule has 62 valence electrons. The molecule has 0 aliphatic heterocycles. The molecule has 0 aliphatic carbocycles. The molecule has 0 aromatic carbocycles. The average molecular weight is 251 g/mol. The first-order valence-electron chi connectivity index (χ1n) is 4.32. The predicted octanol–water partition coefficient (Wildman–Crippen LogP) is 2.57.